The Morgan fingerprint density at radius 2 is 1.61 bits per heavy atom. The van der Waals surface area contributed by atoms with Gasteiger partial charge in [-0.3, -0.25) is 4.79 Å². The minimum absolute atomic E-state index is 0.152. The van der Waals surface area contributed by atoms with Crippen molar-refractivity contribution in [2.45, 2.75) is 46.6 Å². The van der Waals surface area contributed by atoms with Crippen LogP contribution in [-0.2, 0) is 0 Å². The molecule has 0 radical (unpaired) electrons. The van der Waals surface area contributed by atoms with E-state index in [4.69, 9.17) is 0 Å². The summed E-state index contributed by atoms with van der Waals surface area (Å²) in [6.45, 7) is 10.6. The summed E-state index contributed by atoms with van der Waals surface area (Å²) in [5, 5.41) is 0. The van der Waals surface area contributed by atoms with E-state index in [-0.39, 0.29) is 11.9 Å². The van der Waals surface area contributed by atoms with E-state index in [2.05, 4.69) is 26.8 Å². The Morgan fingerprint density at radius 3 is 2.22 bits per heavy atom. The highest BCUT2D eigenvalue weighted by atomic mass is 16.2. The molecule has 0 fully saturated rings. The molecule has 2 nitrogen and oxygen atoms in total. The van der Waals surface area contributed by atoms with Crippen LogP contribution in [0.25, 0.3) is 0 Å². The fourth-order valence-corrected chi connectivity index (χ4v) is 2.52. The quantitative estimate of drug-likeness (QED) is 0.680. The Labute approximate surface area is 111 Å². The van der Waals surface area contributed by atoms with E-state index in [9.17, 15) is 4.79 Å². The molecule has 1 aromatic rings. The van der Waals surface area contributed by atoms with Gasteiger partial charge in [0.05, 0.1) is 0 Å². The lowest BCUT2D eigenvalue weighted by Crippen LogP contribution is -2.37. The molecule has 0 saturated carbocycles. The zero-order chi connectivity index (χ0) is 13.9. The number of nitrogens with zero attached hydrogens (tertiary/aromatic N) is 1. The third kappa shape index (κ3) is 2.43. The third-order valence-corrected chi connectivity index (χ3v) is 4.16. The Morgan fingerprint density at radius 1 is 1.06 bits per heavy atom. The molecule has 1 heterocycles. The number of amides is 1. The molecule has 1 aliphatic heterocycles. The van der Waals surface area contributed by atoms with Crippen LogP contribution in [0.15, 0.2) is 24.3 Å². The average Bonchev–Trinajstić information content (AvgIpc) is 2.49. The van der Waals surface area contributed by atoms with Crippen LogP contribution in [0.5, 0.6) is 0 Å². The summed E-state index contributed by atoms with van der Waals surface area (Å²) < 4.78 is 0. The lowest BCUT2D eigenvalue weighted by Gasteiger charge is -2.29. The normalized spacial score (nSPS) is 26.9. The van der Waals surface area contributed by atoms with Gasteiger partial charge in [-0.05, 0) is 30.4 Å². The number of carbonyl (C=O) groups excluding carboxylic acids is 1. The molecule has 3 atom stereocenters. The summed E-state index contributed by atoms with van der Waals surface area (Å²) in [4.78, 5) is 14.1. The van der Waals surface area contributed by atoms with Crippen molar-refractivity contribution in [1.29, 1.82) is 0 Å². The van der Waals surface area contributed by atoms with Crippen molar-refractivity contribution in [3.8, 4) is 0 Å². The van der Waals surface area contributed by atoms with Gasteiger partial charge < -0.3 is 4.90 Å². The Hall–Kier alpha value is -1.31. The first-order chi connectivity index (χ1) is 8.54. The van der Waals surface area contributed by atoms with Gasteiger partial charge >= 0.3 is 0 Å². The fourth-order valence-electron chi connectivity index (χ4n) is 2.52. The van der Waals surface area contributed by atoms with Crippen LogP contribution >= 0.6 is 0 Å². The van der Waals surface area contributed by atoms with Gasteiger partial charge in [0.15, 0.2) is 0 Å². The summed E-state index contributed by atoms with van der Waals surface area (Å²) in [5.74, 6) is 1.07. The number of carbonyl (C=O) groups is 1. The van der Waals surface area contributed by atoms with Gasteiger partial charge in [0.2, 0.25) is 0 Å². The Balaban J connectivity index is 0.000000771. The molecule has 2 rings (SSSR count). The molecule has 3 unspecified atom stereocenters. The molecule has 100 valence electrons. The zero-order valence-electron chi connectivity index (χ0n) is 12.4. The maximum absolute atomic E-state index is 12.3. The molecule has 18 heavy (non-hydrogen) atoms. The van der Waals surface area contributed by atoms with Crippen molar-refractivity contribution in [1.82, 2.24) is 4.90 Å². The van der Waals surface area contributed by atoms with E-state index in [0.717, 1.165) is 5.56 Å². The highest BCUT2D eigenvalue weighted by Gasteiger charge is 2.33. The second-order valence-electron chi connectivity index (χ2n) is 4.89. The Kier molecular flexibility index (Phi) is 4.94. The summed E-state index contributed by atoms with van der Waals surface area (Å²) in [6.07, 6.45) is 0. The van der Waals surface area contributed by atoms with Gasteiger partial charge in [-0.1, -0.05) is 45.9 Å². The van der Waals surface area contributed by atoms with Crippen LogP contribution in [-0.4, -0.2) is 23.9 Å². The molecule has 1 amide bonds. The molecular formula is C16H25NO. The minimum Gasteiger partial charge on any atom is -0.339 e. The Bertz CT molecular complexity index is 413. The molecule has 1 aromatic carbocycles. The van der Waals surface area contributed by atoms with Crippen molar-refractivity contribution < 1.29 is 4.79 Å². The van der Waals surface area contributed by atoms with Crippen LogP contribution in [0, 0.1) is 5.92 Å². The summed E-state index contributed by atoms with van der Waals surface area (Å²) in [7, 11) is 1.90. The van der Waals surface area contributed by atoms with E-state index in [1.807, 2.05) is 44.0 Å². The standard InChI is InChI=1S/C14H19NO.C2H6/c1-9-10(2)12-7-5-6-8-13(12)14(16)15(4)11(9)3;1-2/h5-11H,1-4H3;1-2H3. The lowest BCUT2D eigenvalue weighted by atomic mass is 9.84. The van der Waals surface area contributed by atoms with Gasteiger partial charge in [-0.2, -0.15) is 0 Å². The molecule has 1 aliphatic rings. The molecule has 2 heteroatoms. The average molecular weight is 247 g/mol. The van der Waals surface area contributed by atoms with E-state index < -0.39 is 0 Å². The third-order valence-electron chi connectivity index (χ3n) is 4.16. The number of hydrogen-bond donors (Lipinski definition) is 0. The molecule has 0 aromatic heterocycles. The van der Waals surface area contributed by atoms with Crippen LogP contribution in [0.4, 0.5) is 0 Å². The molecular weight excluding hydrogens is 222 g/mol. The number of fused-ring (bicyclic) bond motifs is 1. The van der Waals surface area contributed by atoms with Gasteiger partial charge in [-0.25, -0.2) is 0 Å². The van der Waals surface area contributed by atoms with Crippen molar-refractivity contribution in [3.05, 3.63) is 35.4 Å². The topological polar surface area (TPSA) is 20.3 Å². The first-order valence-electron chi connectivity index (χ1n) is 6.90. The van der Waals surface area contributed by atoms with E-state index in [1.54, 1.807) is 0 Å². The first-order valence-corrected chi connectivity index (χ1v) is 6.90. The summed E-state index contributed by atoms with van der Waals surface area (Å²) in [5.41, 5.74) is 2.06. The zero-order valence-corrected chi connectivity index (χ0v) is 12.4. The van der Waals surface area contributed by atoms with Crippen molar-refractivity contribution in [2.75, 3.05) is 7.05 Å². The fraction of sp³-hybridized carbons (Fsp3) is 0.562. The number of benzene rings is 1. The maximum Gasteiger partial charge on any atom is 0.254 e. The predicted molar refractivity (Wildman–Crippen MR) is 76.9 cm³/mol. The van der Waals surface area contributed by atoms with Gasteiger partial charge in [0.1, 0.15) is 0 Å². The van der Waals surface area contributed by atoms with Crippen LogP contribution in [0.2, 0.25) is 0 Å². The minimum atomic E-state index is 0.152. The highest BCUT2D eigenvalue weighted by molar-refractivity contribution is 5.96. The van der Waals surface area contributed by atoms with Crippen molar-refractivity contribution >= 4 is 5.91 Å². The molecule has 0 bridgehead atoms. The maximum atomic E-state index is 12.3. The van der Waals surface area contributed by atoms with E-state index >= 15 is 0 Å². The van der Waals surface area contributed by atoms with Crippen LogP contribution < -0.4 is 0 Å². The van der Waals surface area contributed by atoms with Gasteiger partial charge in [-0.15, -0.1) is 0 Å². The SMILES string of the molecule is CC.CC1c2ccccc2C(=O)N(C)C(C)C1C. The highest BCUT2D eigenvalue weighted by Crippen LogP contribution is 2.34. The monoisotopic (exact) mass is 247 g/mol. The number of rotatable bonds is 0. The van der Waals surface area contributed by atoms with Gasteiger partial charge in [0, 0.05) is 18.7 Å². The molecule has 0 N–H and O–H groups in total. The lowest BCUT2D eigenvalue weighted by molar-refractivity contribution is 0.0709. The van der Waals surface area contributed by atoms with Crippen molar-refractivity contribution in [3.63, 3.8) is 0 Å². The van der Waals surface area contributed by atoms with E-state index in [0.29, 0.717) is 11.8 Å². The number of hydrogen-bond acceptors (Lipinski definition) is 1. The van der Waals surface area contributed by atoms with Gasteiger partial charge in [0.25, 0.3) is 5.91 Å². The largest absolute Gasteiger partial charge is 0.339 e. The molecule has 0 saturated heterocycles. The molecule has 0 aliphatic carbocycles. The first kappa shape index (κ1) is 14.7. The van der Waals surface area contributed by atoms with E-state index in [1.165, 1.54) is 5.56 Å². The molecule has 0 spiro atoms. The summed E-state index contributed by atoms with van der Waals surface area (Å²) in [6, 6.07) is 8.27. The predicted octanol–water partition coefficient (Wildman–Crippen LogP) is 3.93. The summed E-state index contributed by atoms with van der Waals surface area (Å²) >= 11 is 0. The van der Waals surface area contributed by atoms with Crippen LogP contribution in [0.1, 0.15) is 56.5 Å². The van der Waals surface area contributed by atoms with Crippen LogP contribution in [0.3, 0.4) is 0 Å². The second kappa shape index (κ2) is 6.03. The van der Waals surface area contributed by atoms with Crippen molar-refractivity contribution in [2.24, 2.45) is 5.92 Å². The smallest absolute Gasteiger partial charge is 0.254 e. The second-order valence-corrected chi connectivity index (χ2v) is 4.89.